The van der Waals surface area contributed by atoms with Crippen LogP contribution in [-0.4, -0.2) is 59.0 Å². The molecule has 32 heavy (non-hydrogen) atoms. The molecule has 2 N–H and O–H groups in total. The first kappa shape index (κ1) is 23.7. The molecule has 0 aromatic heterocycles. The Kier molecular flexibility index (Phi) is 6.56. The molecule has 12 heteroatoms. The second-order valence-electron chi connectivity index (χ2n) is 6.97. The lowest BCUT2D eigenvalue weighted by Gasteiger charge is -2.35. The van der Waals surface area contributed by atoms with Crippen molar-refractivity contribution in [2.45, 2.75) is 11.1 Å². The van der Waals surface area contributed by atoms with Gasteiger partial charge in [0.2, 0.25) is 10.0 Å². The number of anilines is 1. The Morgan fingerprint density at radius 2 is 1.56 bits per heavy atom. The maximum absolute atomic E-state index is 13.3. The lowest BCUT2D eigenvalue weighted by molar-refractivity contribution is -0.137. The van der Waals surface area contributed by atoms with E-state index in [1.807, 2.05) is 0 Å². The van der Waals surface area contributed by atoms with Crippen LogP contribution in [0, 0.1) is 0 Å². The molecule has 1 aliphatic rings. The van der Waals surface area contributed by atoms with E-state index >= 15 is 0 Å². The van der Waals surface area contributed by atoms with Gasteiger partial charge in [0, 0.05) is 31.9 Å². The van der Waals surface area contributed by atoms with Crippen molar-refractivity contribution in [2.24, 2.45) is 5.73 Å². The maximum Gasteiger partial charge on any atom is 0.416 e. The van der Waals surface area contributed by atoms with Crippen LogP contribution in [0.5, 0.6) is 11.5 Å². The lowest BCUT2D eigenvalue weighted by atomic mass is 10.1. The Hall–Kier alpha value is -2.99. The minimum atomic E-state index is -4.43. The fourth-order valence-corrected chi connectivity index (χ4v) is 5.16. The number of rotatable bonds is 6. The van der Waals surface area contributed by atoms with Gasteiger partial charge in [-0.15, -0.1) is 0 Å². The van der Waals surface area contributed by atoms with Gasteiger partial charge in [0.15, 0.2) is 11.5 Å². The molecule has 1 aliphatic heterocycles. The SMILES string of the molecule is COc1ccc(S(=O)(=O)N2CCN(c3ccc(C(F)(F)F)cc3)CC2)c(C(N)=O)c1OC. The van der Waals surface area contributed by atoms with E-state index in [9.17, 15) is 26.4 Å². The van der Waals surface area contributed by atoms with Crippen LogP contribution in [0.15, 0.2) is 41.3 Å². The number of primary amides is 1. The van der Waals surface area contributed by atoms with E-state index in [2.05, 4.69) is 0 Å². The molecular formula is C20H22F3N3O5S. The number of carbonyl (C=O) groups excluding carboxylic acids is 1. The van der Waals surface area contributed by atoms with Gasteiger partial charge in [-0.2, -0.15) is 17.5 Å². The molecule has 0 saturated carbocycles. The van der Waals surface area contributed by atoms with Crippen molar-refractivity contribution in [3.8, 4) is 11.5 Å². The van der Waals surface area contributed by atoms with Crippen molar-refractivity contribution in [3.63, 3.8) is 0 Å². The van der Waals surface area contributed by atoms with Gasteiger partial charge in [0.25, 0.3) is 5.91 Å². The fraction of sp³-hybridized carbons (Fsp3) is 0.350. The van der Waals surface area contributed by atoms with Crippen LogP contribution in [0.4, 0.5) is 18.9 Å². The molecule has 0 spiro atoms. The van der Waals surface area contributed by atoms with Gasteiger partial charge in [-0.3, -0.25) is 4.79 Å². The summed E-state index contributed by atoms with van der Waals surface area (Å²) < 4.78 is 76.3. The van der Waals surface area contributed by atoms with Crippen molar-refractivity contribution in [1.29, 1.82) is 0 Å². The number of ether oxygens (including phenoxy) is 2. The highest BCUT2D eigenvalue weighted by atomic mass is 32.2. The molecular weight excluding hydrogens is 451 g/mol. The van der Waals surface area contributed by atoms with Crippen LogP contribution in [-0.2, 0) is 16.2 Å². The topological polar surface area (TPSA) is 102 Å². The smallest absolute Gasteiger partial charge is 0.416 e. The molecule has 1 amide bonds. The molecule has 0 atom stereocenters. The van der Waals surface area contributed by atoms with E-state index in [1.165, 1.54) is 42.8 Å². The standard InChI is InChI=1S/C20H22F3N3O5S/c1-30-15-7-8-16(17(19(24)27)18(15)31-2)32(28,29)26-11-9-25(10-12-26)14-5-3-13(4-6-14)20(21,22)23/h3-8H,9-12H2,1-2H3,(H2,24,27). The van der Waals surface area contributed by atoms with E-state index in [4.69, 9.17) is 15.2 Å². The number of carbonyl (C=O) groups is 1. The number of hydrogen-bond acceptors (Lipinski definition) is 6. The Morgan fingerprint density at radius 1 is 0.969 bits per heavy atom. The zero-order valence-corrected chi connectivity index (χ0v) is 18.2. The number of nitrogens with zero attached hydrogens (tertiary/aromatic N) is 2. The number of piperazine rings is 1. The molecule has 2 aromatic rings. The molecule has 0 aliphatic carbocycles. The van der Waals surface area contributed by atoms with Gasteiger partial charge < -0.3 is 20.1 Å². The number of amides is 1. The van der Waals surface area contributed by atoms with Gasteiger partial charge in [0.1, 0.15) is 5.56 Å². The number of benzene rings is 2. The predicted octanol–water partition coefficient (Wildman–Crippen LogP) is 2.33. The summed E-state index contributed by atoms with van der Waals surface area (Å²) in [5.41, 5.74) is 4.93. The zero-order valence-electron chi connectivity index (χ0n) is 17.3. The number of alkyl halides is 3. The van der Waals surface area contributed by atoms with Crippen LogP contribution in [0.3, 0.4) is 0 Å². The summed E-state index contributed by atoms with van der Waals surface area (Å²) in [5, 5.41) is 0. The van der Waals surface area contributed by atoms with E-state index in [-0.39, 0.29) is 48.1 Å². The molecule has 0 bridgehead atoms. The quantitative estimate of drug-likeness (QED) is 0.691. The summed E-state index contributed by atoms with van der Waals surface area (Å²) in [6.45, 7) is 0.638. The Labute approximate surface area is 183 Å². The summed E-state index contributed by atoms with van der Waals surface area (Å²) >= 11 is 0. The molecule has 0 unspecified atom stereocenters. The van der Waals surface area contributed by atoms with Crippen molar-refractivity contribution in [1.82, 2.24) is 4.31 Å². The molecule has 1 fully saturated rings. The van der Waals surface area contributed by atoms with Crippen molar-refractivity contribution >= 4 is 21.6 Å². The fourth-order valence-electron chi connectivity index (χ4n) is 3.54. The number of hydrogen-bond donors (Lipinski definition) is 1. The lowest BCUT2D eigenvalue weighted by Crippen LogP contribution is -2.49. The second-order valence-corrected chi connectivity index (χ2v) is 8.88. The average Bonchev–Trinajstić information content (AvgIpc) is 2.77. The molecule has 1 heterocycles. The van der Waals surface area contributed by atoms with Crippen molar-refractivity contribution in [2.75, 3.05) is 45.3 Å². The third-order valence-electron chi connectivity index (χ3n) is 5.17. The Morgan fingerprint density at radius 3 is 2.03 bits per heavy atom. The molecule has 8 nitrogen and oxygen atoms in total. The number of methoxy groups -OCH3 is 2. The summed E-state index contributed by atoms with van der Waals surface area (Å²) in [5.74, 6) is -0.903. The van der Waals surface area contributed by atoms with Gasteiger partial charge in [-0.05, 0) is 36.4 Å². The first-order valence-corrected chi connectivity index (χ1v) is 10.9. The summed E-state index contributed by atoms with van der Waals surface area (Å²) in [6.07, 6.45) is -4.43. The zero-order chi connectivity index (χ0) is 23.7. The second kappa shape index (κ2) is 8.87. The van der Waals surface area contributed by atoms with Crippen LogP contribution < -0.4 is 20.1 Å². The summed E-state index contributed by atoms with van der Waals surface area (Å²) in [7, 11) is -1.49. The highest BCUT2D eigenvalue weighted by molar-refractivity contribution is 7.89. The Balaban J connectivity index is 1.83. The molecule has 174 valence electrons. The van der Waals surface area contributed by atoms with Gasteiger partial charge in [0.05, 0.1) is 24.7 Å². The first-order valence-electron chi connectivity index (χ1n) is 9.48. The summed E-state index contributed by atoms with van der Waals surface area (Å²) in [4.78, 5) is 13.5. The van der Waals surface area contributed by atoms with Gasteiger partial charge in [-0.25, -0.2) is 8.42 Å². The third kappa shape index (κ3) is 4.46. The summed E-state index contributed by atoms with van der Waals surface area (Å²) in [6, 6.07) is 7.29. The highest BCUT2D eigenvalue weighted by Crippen LogP contribution is 2.37. The largest absolute Gasteiger partial charge is 0.493 e. The number of halogens is 3. The minimum Gasteiger partial charge on any atom is -0.493 e. The molecule has 3 rings (SSSR count). The Bertz CT molecular complexity index is 1100. The maximum atomic E-state index is 13.3. The van der Waals surface area contributed by atoms with E-state index in [0.717, 1.165) is 12.1 Å². The molecule has 0 radical (unpaired) electrons. The molecule has 2 aromatic carbocycles. The van der Waals surface area contributed by atoms with Crippen LogP contribution in [0.2, 0.25) is 0 Å². The predicted molar refractivity (Wildman–Crippen MR) is 110 cm³/mol. The average molecular weight is 473 g/mol. The highest BCUT2D eigenvalue weighted by Gasteiger charge is 2.34. The first-order chi connectivity index (χ1) is 15.0. The minimum absolute atomic E-state index is 0.0654. The van der Waals surface area contributed by atoms with Crippen LogP contribution in [0.1, 0.15) is 15.9 Å². The molecule has 1 saturated heterocycles. The number of nitrogens with two attached hydrogens (primary N) is 1. The van der Waals surface area contributed by atoms with Gasteiger partial charge in [-0.1, -0.05) is 0 Å². The van der Waals surface area contributed by atoms with Crippen LogP contribution >= 0.6 is 0 Å². The van der Waals surface area contributed by atoms with E-state index in [1.54, 1.807) is 4.90 Å². The van der Waals surface area contributed by atoms with Crippen molar-refractivity contribution < 1.29 is 35.9 Å². The van der Waals surface area contributed by atoms with Crippen molar-refractivity contribution in [3.05, 3.63) is 47.5 Å². The number of sulfonamides is 1. The monoisotopic (exact) mass is 473 g/mol. The van der Waals surface area contributed by atoms with Gasteiger partial charge >= 0.3 is 6.18 Å². The van der Waals surface area contributed by atoms with E-state index in [0.29, 0.717) is 5.69 Å². The van der Waals surface area contributed by atoms with E-state index < -0.39 is 27.7 Å². The third-order valence-corrected chi connectivity index (χ3v) is 7.11. The van der Waals surface area contributed by atoms with Crippen LogP contribution in [0.25, 0.3) is 0 Å². The normalized spacial score (nSPS) is 15.5.